The van der Waals surface area contributed by atoms with Gasteiger partial charge in [0, 0.05) is 32.7 Å². The number of benzene rings is 2. The molecule has 2 amide bonds. The molecule has 2 aromatic rings. The third-order valence-electron chi connectivity index (χ3n) is 5.88. The van der Waals surface area contributed by atoms with E-state index in [1.807, 2.05) is 59.5 Å². The van der Waals surface area contributed by atoms with Crippen molar-refractivity contribution >= 4 is 17.5 Å². The van der Waals surface area contributed by atoms with Crippen LogP contribution in [-0.4, -0.2) is 50.0 Å². The van der Waals surface area contributed by atoms with Gasteiger partial charge < -0.3 is 19.9 Å². The monoisotopic (exact) mass is 393 g/mol. The summed E-state index contributed by atoms with van der Waals surface area (Å²) in [6.07, 6.45) is 1.28. The van der Waals surface area contributed by atoms with E-state index in [0.29, 0.717) is 32.5 Å². The second-order valence-corrected chi connectivity index (χ2v) is 7.70. The van der Waals surface area contributed by atoms with Crippen LogP contribution in [0, 0.1) is 5.41 Å². The fourth-order valence-electron chi connectivity index (χ4n) is 3.95. The van der Waals surface area contributed by atoms with Gasteiger partial charge >= 0.3 is 0 Å². The number of anilines is 1. The van der Waals surface area contributed by atoms with E-state index >= 15 is 0 Å². The molecule has 0 atom stereocenters. The van der Waals surface area contributed by atoms with Crippen LogP contribution in [-0.2, 0) is 16.1 Å². The fourth-order valence-corrected chi connectivity index (χ4v) is 3.95. The summed E-state index contributed by atoms with van der Waals surface area (Å²) in [5.41, 5.74) is 1.22. The number of nitrogens with one attached hydrogen (secondary N) is 1. The van der Waals surface area contributed by atoms with Gasteiger partial charge in [-0.1, -0.05) is 42.5 Å². The molecule has 1 saturated heterocycles. The van der Waals surface area contributed by atoms with Crippen molar-refractivity contribution in [1.29, 1.82) is 0 Å². The van der Waals surface area contributed by atoms with Crippen LogP contribution in [0.4, 0.5) is 5.69 Å². The number of nitrogens with zero attached hydrogens (tertiary/aromatic N) is 2. The van der Waals surface area contributed by atoms with Crippen molar-refractivity contribution in [3.8, 4) is 5.75 Å². The molecule has 0 radical (unpaired) electrons. The third kappa shape index (κ3) is 3.92. The normalized spacial score (nSPS) is 17.6. The zero-order chi connectivity index (χ0) is 20.3. The first kappa shape index (κ1) is 19.3. The van der Waals surface area contributed by atoms with Crippen molar-refractivity contribution in [2.75, 3.05) is 38.2 Å². The summed E-state index contributed by atoms with van der Waals surface area (Å²) in [7, 11) is 1.67. The summed E-state index contributed by atoms with van der Waals surface area (Å²) < 4.78 is 5.46. The predicted octanol–water partition coefficient (Wildman–Crippen LogP) is 2.44. The summed E-state index contributed by atoms with van der Waals surface area (Å²) in [6, 6.07) is 17.7. The molecule has 152 valence electrons. The first-order valence-electron chi connectivity index (χ1n) is 10.1. The van der Waals surface area contributed by atoms with Gasteiger partial charge in [-0.25, -0.2) is 0 Å². The number of amides is 2. The van der Waals surface area contributed by atoms with E-state index in [1.54, 1.807) is 7.11 Å². The standard InChI is InChI=1S/C23H27N3O3/c1-29-20-10-6-5-9-19(20)25-13-15-26(16-14-25)22(28)23(11-12-23)21(27)24-17-18-7-3-2-4-8-18/h2-10H,11-17H2,1H3,(H,24,27). The molecule has 0 spiro atoms. The third-order valence-corrected chi connectivity index (χ3v) is 5.88. The van der Waals surface area contributed by atoms with Gasteiger partial charge in [-0.05, 0) is 30.5 Å². The Morgan fingerprint density at radius 2 is 1.62 bits per heavy atom. The number of ether oxygens (including phenoxy) is 1. The van der Waals surface area contributed by atoms with E-state index in [1.165, 1.54) is 0 Å². The summed E-state index contributed by atoms with van der Waals surface area (Å²) in [4.78, 5) is 30.0. The number of para-hydroxylation sites is 2. The largest absolute Gasteiger partial charge is 0.495 e. The maximum Gasteiger partial charge on any atom is 0.238 e. The zero-order valence-electron chi connectivity index (χ0n) is 16.8. The van der Waals surface area contributed by atoms with E-state index < -0.39 is 5.41 Å². The first-order chi connectivity index (χ1) is 14.1. The summed E-state index contributed by atoms with van der Waals surface area (Å²) in [6.45, 7) is 3.15. The Morgan fingerprint density at radius 1 is 0.966 bits per heavy atom. The second kappa shape index (κ2) is 8.15. The highest BCUT2D eigenvalue weighted by atomic mass is 16.5. The van der Waals surface area contributed by atoms with Gasteiger partial charge in [0.05, 0.1) is 12.8 Å². The molecule has 6 heteroatoms. The molecule has 1 aliphatic heterocycles. The molecule has 0 bridgehead atoms. The molecule has 2 aromatic carbocycles. The maximum absolute atomic E-state index is 13.1. The molecular weight excluding hydrogens is 366 g/mol. The molecule has 1 saturated carbocycles. The minimum atomic E-state index is -0.860. The molecular formula is C23H27N3O3. The highest BCUT2D eigenvalue weighted by Crippen LogP contribution is 2.47. The van der Waals surface area contributed by atoms with Gasteiger partial charge in [0.1, 0.15) is 11.2 Å². The van der Waals surface area contributed by atoms with Crippen LogP contribution in [0.5, 0.6) is 5.75 Å². The van der Waals surface area contributed by atoms with Crippen molar-refractivity contribution in [3.05, 3.63) is 60.2 Å². The van der Waals surface area contributed by atoms with Gasteiger partial charge in [0.15, 0.2) is 0 Å². The van der Waals surface area contributed by atoms with Gasteiger partial charge in [0.2, 0.25) is 11.8 Å². The van der Waals surface area contributed by atoms with E-state index in [4.69, 9.17) is 4.74 Å². The Balaban J connectivity index is 1.35. The number of carbonyl (C=O) groups excluding carboxylic acids is 2. The smallest absolute Gasteiger partial charge is 0.238 e. The van der Waals surface area contributed by atoms with Crippen molar-refractivity contribution in [1.82, 2.24) is 10.2 Å². The zero-order valence-corrected chi connectivity index (χ0v) is 16.8. The van der Waals surface area contributed by atoms with Crippen molar-refractivity contribution in [2.24, 2.45) is 5.41 Å². The molecule has 0 aromatic heterocycles. The van der Waals surface area contributed by atoms with Crippen LogP contribution < -0.4 is 15.0 Å². The fraction of sp³-hybridized carbons (Fsp3) is 0.391. The Hall–Kier alpha value is -3.02. The molecule has 29 heavy (non-hydrogen) atoms. The highest BCUT2D eigenvalue weighted by Gasteiger charge is 2.58. The van der Waals surface area contributed by atoms with Gasteiger partial charge in [-0.3, -0.25) is 9.59 Å². The lowest BCUT2D eigenvalue weighted by Gasteiger charge is -2.38. The first-order valence-corrected chi connectivity index (χ1v) is 10.1. The number of carbonyl (C=O) groups is 2. The maximum atomic E-state index is 13.1. The number of piperazine rings is 1. The molecule has 2 fully saturated rings. The minimum absolute atomic E-state index is 0.0252. The molecule has 2 aliphatic rings. The second-order valence-electron chi connectivity index (χ2n) is 7.70. The molecule has 4 rings (SSSR count). The van der Waals surface area contributed by atoms with Crippen LogP contribution in [0.3, 0.4) is 0 Å². The van der Waals surface area contributed by atoms with Gasteiger partial charge in [0.25, 0.3) is 0 Å². The average molecular weight is 393 g/mol. The van der Waals surface area contributed by atoms with Crippen molar-refractivity contribution < 1.29 is 14.3 Å². The minimum Gasteiger partial charge on any atom is -0.495 e. The van der Waals surface area contributed by atoms with Crippen LogP contribution >= 0.6 is 0 Å². The van der Waals surface area contributed by atoms with Crippen LogP contribution in [0.15, 0.2) is 54.6 Å². The van der Waals surface area contributed by atoms with Gasteiger partial charge in [-0.15, -0.1) is 0 Å². The lowest BCUT2D eigenvalue weighted by Crippen LogP contribution is -2.53. The predicted molar refractivity (Wildman–Crippen MR) is 112 cm³/mol. The topological polar surface area (TPSA) is 61.9 Å². The Morgan fingerprint density at radius 3 is 2.28 bits per heavy atom. The van der Waals surface area contributed by atoms with Crippen LogP contribution in [0.1, 0.15) is 18.4 Å². The Labute approximate surface area is 171 Å². The Bertz CT molecular complexity index is 872. The highest BCUT2D eigenvalue weighted by molar-refractivity contribution is 6.07. The molecule has 1 heterocycles. The van der Waals surface area contributed by atoms with Crippen molar-refractivity contribution in [2.45, 2.75) is 19.4 Å². The summed E-state index contributed by atoms with van der Waals surface area (Å²) >= 11 is 0. The number of methoxy groups -OCH3 is 1. The lowest BCUT2D eigenvalue weighted by atomic mass is 10.0. The van der Waals surface area contributed by atoms with Crippen LogP contribution in [0.2, 0.25) is 0 Å². The summed E-state index contributed by atoms with van der Waals surface area (Å²) in [5, 5.41) is 2.96. The van der Waals surface area contributed by atoms with Crippen LogP contribution in [0.25, 0.3) is 0 Å². The van der Waals surface area contributed by atoms with E-state index in [-0.39, 0.29) is 11.8 Å². The number of hydrogen-bond acceptors (Lipinski definition) is 4. The number of hydrogen-bond donors (Lipinski definition) is 1. The quantitative estimate of drug-likeness (QED) is 0.766. The average Bonchev–Trinajstić information content (AvgIpc) is 3.60. The Kier molecular flexibility index (Phi) is 5.43. The molecule has 1 aliphatic carbocycles. The van der Waals surface area contributed by atoms with E-state index in [2.05, 4.69) is 10.2 Å². The lowest BCUT2D eigenvalue weighted by molar-refractivity contribution is -0.144. The van der Waals surface area contributed by atoms with E-state index in [0.717, 1.165) is 30.1 Å². The van der Waals surface area contributed by atoms with Gasteiger partial charge in [-0.2, -0.15) is 0 Å². The molecule has 0 unspecified atom stereocenters. The number of rotatable bonds is 6. The summed E-state index contributed by atoms with van der Waals surface area (Å²) in [5.74, 6) is 0.674. The SMILES string of the molecule is COc1ccccc1N1CCN(C(=O)C2(C(=O)NCc3ccccc3)CC2)CC1. The molecule has 1 N–H and O–H groups in total. The molecule has 6 nitrogen and oxygen atoms in total. The van der Waals surface area contributed by atoms with Crippen molar-refractivity contribution in [3.63, 3.8) is 0 Å². The van der Waals surface area contributed by atoms with E-state index in [9.17, 15) is 9.59 Å².